The number of ether oxygens (including phenoxy) is 1. The summed E-state index contributed by atoms with van der Waals surface area (Å²) in [5.74, 6) is 0.988. The molecule has 3 nitrogen and oxygen atoms in total. The summed E-state index contributed by atoms with van der Waals surface area (Å²) < 4.78 is 5.71. The Hall–Kier alpha value is -0.120. The zero-order valence-electron chi connectivity index (χ0n) is 12.0. The molecule has 0 aromatic carbocycles. The average molecular weight is 254 g/mol. The van der Waals surface area contributed by atoms with E-state index in [1.165, 1.54) is 58.2 Å². The molecule has 0 spiro atoms. The van der Waals surface area contributed by atoms with Crippen molar-refractivity contribution in [1.29, 1.82) is 0 Å². The SMILES string of the molecule is CCCCOCCN(CC1CC1)CC1CCCN1. The van der Waals surface area contributed by atoms with Gasteiger partial charge in [0.15, 0.2) is 0 Å². The van der Waals surface area contributed by atoms with Crippen molar-refractivity contribution < 1.29 is 4.74 Å². The molecule has 0 amide bonds. The predicted molar refractivity (Wildman–Crippen MR) is 75.9 cm³/mol. The molecule has 3 heteroatoms. The van der Waals surface area contributed by atoms with Crippen LogP contribution in [0.5, 0.6) is 0 Å². The first kappa shape index (κ1) is 14.3. The molecule has 1 saturated carbocycles. The Morgan fingerprint density at radius 3 is 2.72 bits per heavy atom. The first-order valence-electron chi connectivity index (χ1n) is 7.92. The Morgan fingerprint density at radius 1 is 1.17 bits per heavy atom. The smallest absolute Gasteiger partial charge is 0.0593 e. The summed E-state index contributed by atoms with van der Waals surface area (Å²) in [6.07, 6.45) is 8.05. The number of nitrogens with zero attached hydrogens (tertiary/aromatic N) is 1. The van der Waals surface area contributed by atoms with Crippen LogP contribution in [0, 0.1) is 5.92 Å². The standard InChI is InChI=1S/C15H30N2O/c1-2-3-10-18-11-9-17(12-14-6-7-14)13-15-5-4-8-16-15/h14-16H,2-13H2,1H3. The number of hydrogen-bond donors (Lipinski definition) is 1. The molecular weight excluding hydrogens is 224 g/mol. The summed E-state index contributed by atoms with van der Waals surface area (Å²) in [5.41, 5.74) is 0. The first-order chi connectivity index (χ1) is 8.88. The number of unbranched alkanes of at least 4 members (excludes halogenated alkanes) is 1. The molecule has 2 rings (SSSR count). The minimum atomic E-state index is 0.736. The fourth-order valence-corrected chi connectivity index (χ4v) is 2.69. The monoisotopic (exact) mass is 254 g/mol. The number of hydrogen-bond acceptors (Lipinski definition) is 3. The van der Waals surface area contributed by atoms with Crippen molar-refractivity contribution >= 4 is 0 Å². The van der Waals surface area contributed by atoms with Gasteiger partial charge in [-0.1, -0.05) is 13.3 Å². The van der Waals surface area contributed by atoms with Gasteiger partial charge in [-0.05, 0) is 44.6 Å². The molecule has 2 fully saturated rings. The molecular formula is C15H30N2O. The van der Waals surface area contributed by atoms with Crippen LogP contribution in [0.2, 0.25) is 0 Å². The van der Waals surface area contributed by atoms with Gasteiger partial charge in [-0.2, -0.15) is 0 Å². The molecule has 2 aliphatic rings. The Kier molecular flexibility index (Phi) is 6.46. The molecule has 1 aliphatic carbocycles. The minimum absolute atomic E-state index is 0.736. The maximum atomic E-state index is 5.71. The zero-order valence-corrected chi connectivity index (χ0v) is 12.0. The molecule has 0 bridgehead atoms. The van der Waals surface area contributed by atoms with Crippen LogP contribution < -0.4 is 5.32 Å². The van der Waals surface area contributed by atoms with E-state index in [0.717, 1.165) is 31.7 Å². The predicted octanol–water partition coefficient (Wildman–Crippen LogP) is 2.27. The third kappa shape index (κ3) is 5.68. The third-order valence-corrected chi connectivity index (χ3v) is 4.05. The number of nitrogens with one attached hydrogen (secondary N) is 1. The van der Waals surface area contributed by atoms with E-state index in [1.54, 1.807) is 0 Å². The van der Waals surface area contributed by atoms with Gasteiger partial charge in [0.05, 0.1) is 6.61 Å². The van der Waals surface area contributed by atoms with Gasteiger partial charge in [0.25, 0.3) is 0 Å². The quantitative estimate of drug-likeness (QED) is 0.605. The Balaban J connectivity index is 1.60. The van der Waals surface area contributed by atoms with Gasteiger partial charge in [-0.25, -0.2) is 0 Å². The summed E-state index contributed by atoms with van der Waals surface area (Å²) in [4.78, 5) is 2.63. The molecule has 1 N–H and O–H groups in total. The van der Waals surface area contributed by atoms with Crippen molar-refractivity contribution in [2.24, 2.45) is 5.92 Å². The highest BCUT2D eigenvalue weighted by atomic mass is 16.5. The van der Waals surface area contributed by atoms with Crippen LogP contribution in [0.4, 0.5) is 0 Å². The van der Waals surface area contributed by atoms with Gasteiger partial charge in [0, 0.05) is 32.3 Å². The summed E-state index contributed by atoms with van der Waals surface area (Å²) in [5, 5.41) is 3.61. The summed E-state index contributed by atoms with van der Waals surface area (Å²) >= 11 is 0. The van der Waals surface area contributed by atoms with Crippen LogP contribution in [0.15, 0.2) is 0 Å². The molecule has 1 aliphatic heterocycles. The highest BCUT2D eigenvalue weighted by Gasteiger charge is 2.26. The second kappa shape index (κ2) is 8.13. The van der Waals surface area contributed by atoms with Gasteiger partial charge < -0.3 is 10.1 Å². The van der Waals surface area contributed by atoms with Gasteiger partial charge in [-0.3, -0.25) is 4.90 Å². The van der Waals surface area contributed by atoms with Crippen LogP contribution >= 0.6 is 0 Å². The zero-order chi connectivity index (χ0) is 12.6. The Bertz CT molecular complexity index is 213. The second-order valence-electron chi connectivity index (χ2n) is 5.96. The summed E-state index contributed by atoms with van der Waals surface area (Å²) in [6.45, 7) is 8.94. The van der Waals surface area contributed by atoms with Crippen molar-refractivity contribution in [3.8, 4) is 0 Å². The van der Waals surface area contributed by atoms with Crippen molar-refractivity contribution in [3.05, 3.63) is 0 Å². The van der Waals surface area contributed by atoms with E-state index in [4.69, 9.17) is 4.74 Å². The average Bonchev–Trinajstić information content (AvgIpc) is 3.03. The van der Waals surface area contributed by atoms with Gasteiger partial charge >= 0.3 is 0 Å². The third-order valence-electron chi connectivity index (χ3n) is 4.05. The topological polar surface area (TPSA) is 24.5 Å². The molecule has 1 atom stereocenters. The lowest BCUT2D eigenvalue weighted by molar-refractivity contribution is 0.0968. The molecule has 1 saturated heterocycles. The summed E-state index contributed by atoms with van der Waals surface area (Å²) in [7, 11) is 0. The number of rotatable bonds is 10. The van der Waals surface area contributed by atoms with Crippen molar-refractivity contribution in [1.82, 2.24) is 10.2 Å². The first-order valence-corrected chi connectivity index (χ1v) is 7.92. The molecule has 18 heavy (non-hydrogen) atoms. The van der Waals surface area contributed by atoms with E-state index in [1.807, 2.05) is 0 Å². The van der Waals surface area contributed by atoms with E-state index in [0.29, 0.717) is 0 Å². The molecule has 0 aromatic rings. The van der Waals surface area contributed by atoms with E-state index < -0.39 is 0 Å². The molecule has 1 heterocycles. The lowest BCUT2D eigenvalue weighted by atomic mass is 10.2. The molecule has 0 radical (unpaired) electrons. The lowest BCUT2D eigenvalue weighted by Gasteiger charge is -2.25. The highest BCUT2D eigenvalue weighted by Crippen LogP contribution is 2.29. The minimum Gasteiger partial charge on any atom is -0.380 e. The van der Waals surface area contributed by atoms with Crippen LogP contribution in [0.1, 0.15) is 45.4 Å². The van der Waals surface area contributed by atoms with Crippen LogP contribution in [-0.4, -0.2) is 50.3 Å². The van der Waals surface area contributed by atoms with Gasteiger partial charge in [-0.15, -0.1) is 0 Å². The lowest BCUT2D eigenvalue weighted by Crippen LogP contribution is -2.40. The molecule has 106 valence electrons. The maximum absolute atomic E-state index is 5.71. The van der Waals surface area contributed by atoms with E-state index in [-0.39, 0.29) is 0 Å². The van der Waals surface area contributed by atoms with Gasteiger partial charge in [0.1, 0.15) is 0 Å². The maximum Gasteiger partial charge on any atom is 0.0593 e. The van der Waals surface area contributed by atoms with Crippen LogP contribution in [0.25, 0.3) is 0 Å². The Labute approximate surface area is 112 Å². The molecule has 1 unspecified atom stereocenters. The van der Waals surface area contributed by atoms with Crippen molar-refractivity contribution in [3.63, 3.8) is 0 Å². The molecule has 0 aromatic heterocycles. The normalized spacial score (nSPS) is 24.0. The van der Waals surface area contributed by atoms with Crippen LogP contribution in [0.3, 0.4) is 0 Å². The largest absolute Gasteiger partial charge is 0.380 e. The van der Waals surface area contributed by atoms with E-state index >= 15 is 0 Å². The van der Waals surface area contributed by atoms with Crippen molar-refractivity contribution in [2.45, 2.75) is 51.5 Å². The highest BCUT2D eigenvalue weighted by molar-refractivity contribution is 4.82. The summed E-state index contributed by atoms with van der Waals surface area (Å²) in [6, 6.07) is 0.736. The van der Waals surface area contributed by atoms with E-state index in [2.05, 4.69) is 17.1 Å². The fourth-order valence-electron chi connectivity index (χ4n) is 2.69. The fraction of sp³-hybridized carbons (Fsp3) is 1.00. The Morgan fingerprint density at radius 2 is 2.06 bits per heavy atom. The van der Waals surface area contributed by atoms with Crippen molar-refractivity contribution in [2.75, 3.05) is 39.4 Å². The van der Waals surface area contributed by atoms with Crippen LogP contribution in [-0.2, 0) is 4.74 Å². The van der Waals surface area contributed by atoms with Gasteiger partial charge in [0.2, 0.25) is 0 Å². The second-order valence-corrected chi connectivity index (χ2v) is 5.96. The van der Waals surface area contributed by atoms with E-state index in [9.17, 15) is 0 Å².